The maximum Gasteiger partial charge on any atom is 0.438 e. The zero-order chi connectivity index (χ0) is 11.1. The van der Waals surface area contributed by atoms with Crippen molar-refractivity contribution in [2.45, 2.75) is 0 Å². The van der Waals surface area contributed by atoms with Crippen molar-refractivity contribution in [1.82, 2.24) is 9.77 Å². The van der Waals surface area contributed by atoms with Crippen LogP contribution in [0.2, 0.25) is 0 Å². The molecule has 0 aliphatic heterocycles. The molecule has 10 nitrogen and oxygen atoms in total. The molecule has 0 aromatic heterocycles. The first-order valence-electron chi connectivity index (χ1n) is 2.55. The molecule has 0 amide bonds. The van der Waals surface area contributed by atoms with Crippen LogP contribution in [0.1, 0.15) is 0 Å². The third kappa shape index (κ3) is 6.58. The van der Waals surface area contributed by atoms with Gasteiger partial charge >= 0.3 is 11.9 Å². The lowest BCUT2D eigenvalue weighted by atomic mass is 10.7. The van der Waals surface area contributed by atoms with E-state index in [0.717, 1.165) is 9.77 Å². The Labute approximate surface area is 81.7 Å². The second-order valence-corrected chi connectivity index (χ2v) is 2.69. The lowest BCUT2D eigenvalue weighted by Gasteiger charge is -2.07. The van der Waals surface area contributed by atoms with Crippen LogP contribution in [0.25, 0.3) is 0 Å². The van der Waals surface area contributed by atoms with E-state index in [1.54, 1.807) is 0 Å². The predicted octanol–water partition coefficient (Wildman–Crippen LogP) is -3.33. The normalized spacial score (nSPS) is 14.1. The molecule has 82 valence electrons. The van der Waals surface area contributed by atoms with Crippen molar-refractivity contribution < 1.29 is 36.8 Å². The van der Waals surface area contributed by atoms with E-state index in [2.05, 4.69) is 9.68 Å². The van der Waals surface area contributed by atoms with Crippen molar-refractivity contribution in [3.8, 4) is 0 Å². The number of nitrogens with one attached hydrogen (secondary N) is 2. The van der Waals surface area contributed by atoms with Crippen LogP contribution in [0.4, 0.5) is 0 Å². The zero-order valence-corrected chi connectivity index (χ0v) is 7.72. The first-order chi connectivity index (χ1) is 6.43. The van der Waals surface area contributed by atoms with Crippen LogP contribution in [-0.4, -0.2) is 29.5 Å². The molecule has 2 unspecified atom stereocenters. The van der Waals surface area contributed by atoms with Gasteiger partial charge in [-0.15, -0.1) is 0 Å². The Bertz CT molecular complexity index is 249. The minimum Gasteiger partial charge on any atom is -0.758 e. The maximum atomic E-state index is 10.4. The van der Waals surface area contributed by atoms with Gasteiger partial charge in [-0.05, 0) is 0 Å². The van der Waals surface area contributed by atoms with Gasteiger partial charge in [0.05, 0.1) is 22.5 Å². The average molecular weight is 246 g/mol. The fourth-order valence-electron chi connectivity index (χ4n) is 0.227. The quantitative estimate of drug-likeness (QED) is 0.296. The largest absolute Gasteiger partial charge is 0.758 e. The highest BCUT2D eigenvalue weighted by atomic mass is 32.2. The second kappa shape index (κ2) is 6.52. The number of carbonyl (C=O) groups excluding carboxylic acids is 2. The molecular weight excluding hydrogens is 244 g/mol. The fraction of sp³-hybridized carbons (Fsp3) is 0. The van der Waals surface area contributed by atoms with E-state index in [1.165, 1.54) is 0 Å². The van der Waals surface area contributed by atoms with Crippen molar-refractivity contribution in [3.63, 3.8) is 0 Å². The van der Waals surface area contributed by atoms with Crippen molar-refractivity contribution in [1.29, 1.82) is 0 Å². The lowest BCUT2D eigenvalue weighted by Crippen LogP contribution is -2.32. The summed E-state index contributed by atoms with van der Waals surface area (Å²) in [6.45, 7) is 0. The molecule has 0 radical (unpaired) electrons. The van der Waals surface area contributed by atoms with E-state index in [-0.39, 0.29) is 0 Å². The summed E-state index contributed by atoms with van der Waals surface area (Å²) in [6.07, 6.45) is 0. The van der Waals surface area contributed by atoms with Gasteiger partial charge in [0.2, 0.25) is 0 Å². The summed E-state index contributed by atoms with van der Waals surface area (Å²) in [5.41, 5.74) is 0. The number of carbonyl (C=O) groups is 2. The summed E-state index contributed by atoms with van der Waals surface area (Å²) in [5, 5.41) is 0. The number of hydrogen-bond donors (Lipinski definition) is 2. The molecule has 0 spiro atoms. The Balaban J connectivity index is 3.82. The van der Waals surface area contributed by atoms with Crippen LogP contribution in [0, 0.1) is 0 Å². The van der Waals surface area contributed by atoms with Crippen molar-refractivity contribution in [2.24, 2.45) is 0 Å². The van der Waals surface area contributed by atoms with Crippen molar-refractivity contribution in [3.05, 3.63) is 0 Å². The van der Waals surface area contributed by atoms with E-state index in [0.29, 0.717) is 0 Å². The topological polar surface area (TPSA) is 157 Å². The van der Waals surface area contributed by atoms with E-state index in [4.69, 9.17) is 0 Å². The van der Waals surface area contributed by atoms with Gasteiger partial charge in [0, 0.05) is 0 Å². The first kappa shape index (κ1) is 13.1. The molecule has 0 heterocycles. The van der Waals surface area contributed by atoms with Gasteiger partial charge in [-0.2, -0.15) is 0 Å². The predicted molar refractivity (Wildman–Crippen MR) is 36.3 cm³/mol. The van der Waals surface area contributed by atoms with Crippen molar-refractivity contribution >= 4 is 34.5 Å². The van der Waals surface area contributed by atoms with Gasteiger partial charge in [-0.3, -0.25) is 8.42 Å². The Morgan fingerprint density at radius 3 is 1.43 bits per heavy atom. The first-order valence-corrected chi connectivity index (χ1v) is 4.70. The third-order valence-electron chi connectivity index (χ3n) is 0.571. The minimum absolute atomic E-state index is 1.10. The second-order valence-electron chi connectivity index (χ2n) is 1.42. The Kier molecular flexibility index (Phi) is 6.09. The molecule has 0 saturated carbocycles. The molecule has 0 aromatic rings. The molecule has 0 aromatic carbocycles. The van der Waals surface area contributed by atoms with Crippen LogP contribution in [0.5, 0.6) is 0 Å². The van der Waals surface area contributed by atoms with Crippen LogP contribution < -0.4 is 9.77 Å². The molecule has 0 rings (SSSR count). The highest BCUT2D eigenvalue weighted by Gasteiger charge is 2.18. The van der Waals surface area contributed by atoms with E-state index in [9.17, 15) is 27.1 Å². The maximum absolute atomic E-state index is 10.4. The van der Waals surface area contributed by atoms with Gasteiger partial charge in [-0.25, -0.2) is 9.59 Å². The minimum atomic E-state index is -2.91. The summed E-state index contributed by atoms with van der Waals surface area (Å²) in [5.74, 6) is -3.49. The summed E-state index contributed by atoms with van der Waals surface area (Å²) >= 11 is -5.82. The molecule has 0 aliphatic carbocycles. The van der Waals surface area contributed by atoms with Crippen LogP contribution in [-0.2, 0) is 41.8 Å². The Hall–Kier alpha value is -0.920. The monoisotopic (exact) mass is 246 g/mol. The molecule has 0 fully saturated rings. The Morgan fingerprint density at radius 2 is 1.21 bits per heavy atom. The van der Waals surface area contributed by atoms with Crippen molar-refractivity contribution in [2.75, 3.05) is 0 Å². The molecule has 2 atom stereocenters. The zero-order valence-electron chi connectivity index (χ0n) is 6.08. The standard InChI is InChI=1S/C2H4N2O8S2/c5-1(11-3-13(7)8)2(6)12-4-14(9)10/h3-4H,(H,7,8)(H,9,10)/p-2. The van der Waals surface area contributed by atoms with E-state index < -0.39 is 34.5 Å². The molecule has 0 aliphatic rings. The molecular formula is C2H2N2O8S2-2. The van der Waals surface area contributed by atoms with Crippen LogP contribution in [0.3, 0.4) is 0 Å². The summed E-state index contributed by atoms with van der Waals surface area (Å²) in [7, 11) is 0. The molecule has 0 saturated heterocycles. The van der Waals surface area contributed by atoms with Gasteiger partial charge in [-0.1, -0.05) is 9.77 Å². The van der Waals surface area contributed by atoms with E-state index >= 15 is 0 Å². The third-order valence-corrected chi connectivity index (χ3v) is 1.01. The van der Waals surface area contributed by atoms with E-state index in [1.807, 2.05) is 0 Å². The molecule has 14 heavy (non-hydrogen) atoms. The summed E-state index contributed by atoms with van der Waals surface area (Å²) < 4.78 is 39.0. The summed E-state index contributed by atoms with van der Waals surface area (Å²) in [4.78, 5) is 30.1. The number of rotatable bonds is 4. The molecule has 0 bridgehead atoms. The molecule has 2 N–H and O–H groups in total. The smallest absolute Gasteiger partial charge is 0.438 e. The fourth-order valence-corrected chi connectivity index (χ4v) is 0.515. The summed E-state index contributed by atoms with van der Waals surface area (Å²) in [6, 6.07) is 0. The van der Waals surface area contributed by atoms with Gasteiger partial charge in [0.15, 0.2) is 0 Å². The number of hydrogen-bond acceptors (Lipinski definition) is 8. The van der Waals surface area contributed by atoms with Gasteiger partial charge in [0.25, 0.3) is 0 Å². The van der Waals surface area contributed by atoms with Crippen LogP contribution >= 0.6 is 0 Å². The van der Waals surface area contributed by atoms with Gasteiger partial charge in [0.1, 0.15) is 0 Å². The average Bonchev–Trinajstić information content (AvgIpc) is 2.09. The SMILES string of the molecule is O=C(ONS(=O)[O-])C(=O)ONS(=O)[O-]. The highest BCUT2D eigenvalue weighted by molar-refractivity contribution is 7.77. The lowest BCUT2D eigenvalue weighted by molar-refractivity contribution is -0.171. The van der Waals surface area contributed by atoms with Crippen LogP contribution in [0.15, 0.2) is 0 Å². The Morgan fingerprint density at radius 1 is 0.929 bits per heavy atom. The van der Waals surface area contributed by atoms with Gasteiger partial charge < -0.3 is 18.8 Å². The molecule has 12 heteroatoms. The highest BCUT2D eigenvalue weighted by Crippen LogP contribution is 1.80.